The summed E-state index contributed by atoms with van der Waals surface area (Å²) in [6.45, 7) is 1.46. The van der Waals surface area contributed by atoms with Gasteiger partial charge in [0.25, 0.3) is 0 Å². The first-order chi connectivity index (χ1) is 18.0. The Labute approximate surface area is 234 Å². The summed E-state index contributed by atoms with van der Waals surface area (Å²) in [5, 5.41) is 3.32. The normalized spacial score (nSPS) is 12.0. The molecule has 0 aliphatic rings. The van der Waals surface area contributed by atoms with Crippen LogP contribution in [0.2, 0.25) is 10.0 Å². The van der Waals surface area contributed by atoms with Crippen LogP contribution >= 0.6 is 23.2 Å². The van der Waals surface area contributed by atoms with Gasteiger partial charge in [0, 0.05) is 20.0 Å². The van der Waals surface area contributed by atoms with Crippen molar-refractivity contribution in [2.24, 2.45) is 0 Å². The minimum Gasteiger partial charge on any atom is -0.357 e. The van der Waals surface area contributed by atoms with E-state index in [0.29, 0.717) is 27.7 Å². The molecule has 38 heavy (non-hydrogen) atoms. The highest BCUT2D eigenvalue weighted by atomic mass is 35.5. The number of carbonyl (C=O) groups is 2. The summed E-state index contributed by atoms with van der Waals surface area (Å²) < 4.78 is 26.9. The molecule has 0 aromatic heterocycles. The fraction of sp³-hybridized carbons (Fsp3) is 0.286. The van der Waals surface area contributed by atoms with Crippen molar-refractivity contribution in [1.82, 2.24) is 10.2 Å². The maximum absolute atomic E-state index is 14.0. The van der Waals surface area contributed by atoms with Crippen molar-refractivity contribution in [3.05, 3.63) is 99.5 Å². The summed E-state index contributed by atoms with van der Waals surface area (Å²) in [6, 6.07) is 20.4. The number of para-hydroxylation sites is 1. The Morgan fingerprint density at radius 2 is 1.58 bits per heavy atom. The molecule has 0 aliphatic heterocycles. The van der Waals surface area contributed by atoms with Gasteiger partial charge in [0.2, 0.25) is 21.8 Å². The van der Waals surface area contributed by atoms with Crippen LogP contribution in [0, 0.1) is 0 Å². The SMILES string of the molecule is CCc1ccccc1N(CC(=O)N(Cc1ccc(Cl)c(Cl)c1)[C@H](Cc1ccccc1)C(=O)NC)S(C)(=O)=O. The number of hydrogen-bond acceptors (Lipinski definition) is 4. The fourth-order valence-corrected chi connectivity index (χ4v) is 5.40. The lowest BCUT2D eigenvalue weighted by Crippen LogP contribution is -2.53. The van der Waals surface area contributed by atoms with E-state index in [1.54, 1.807) is 30.3 Å². The molecule has 0 spiro atoms. The minimum absolute atomic E-state index is 0.0215. The Hall–Kier alpha value is -3.07. The molecule has 1 N–H and O–H groups in total. The zero-order valence-electron chi connectivity index (χ0n) is 21.5. The number of benzene rings is 3. The number of nitrogens with zero attached hydrogens (tertiary/aromatic N) is 2. The molecule has 0 fully saturated rings. The highest BCUT2D eigenvalue weighted by molar-refractivity contribution is 7.92. The summed E-state index contributed by atoms with van der Waals surface area (Å²) in [5.74, 6) is -0.904. The molecular formula is C28H31Cl2N3O4S. The number of rotatable bonds is 11. The molecular weight excluding hydrogens is 545 g/mol. The number of likely N-dealkylation sites (N-methyl/N-ethyl adjacent to an activating group) is 1. The van der Waals surface area contributed by atoms with Crippen LogP contribution in [-0.2, 0) is 39.0 Å². The molecule has 3 aromatic carbocycles. The van der Waals surface area contributed by atoms with E-state index in [9.17, 15) is 18.0 Å². The van der Waals surface area contributed by atoms with Crippen molar-refractivity contribution in [1.29, 1.82) is 0 Å². The minimum atomic E-state index is -3.83. The van der Waals surface area contributed by atoms with Gasteiger partial charge in [-0.15, -0.1) is 0 Å². The Bertz CT molecular complexity index is 1380. The molecule has 0 saturated carbocycles. The molecule has 0 unspecified atom stereocenters. The predicted octanol–water partition coefficient (Wildman–Crippen LogP) is 4.71. The summed E-state index contributed by atoms with van der Waals surface area (Å²) >= 11 is 12.3. The fourth-order valence-electron chi connectivity index (χ4n) is 4.20. The molecule has 3 rings (SSSR count). The average Bonchev–Trinajstić information content (AvgIpc) is 2.90. The molecule has 202 valence electrons. The third kappa shape index (κ3) is 7.49. The van der Waals surface area contributed by atoms with Crippen molar-refractivity contribution in [3.63, 3.8) is 0 Å². The molecule has 0 heterocycles. The Balaban J connectivity index is 2.06. The number of amides is 2. The van der Waals surface area contributed by atoms with Gasteiger partial charge in [-0.05, 0) is 41.3 Å². The number of halogens is 2. The number of aryl methyl sites for hydroxylation is 1. The quantitative estimate of drug-likeness (QED) is 0.359. The first kappa shape index (κ1) is 29.5. The summed E-state index contributed by atoms with van der Waals surface area (Å²) in [4.78, 5) is 28.5. The molecule has 3 aromatic rings. The molecule has 10 heteroatoms. The third-order valence-electron chi connectivity index (χ3n) is 6.17. The number of sulfonamides is 1. The average molecular weight is 577 g/mol. The van der Waals surface area contributed by atoms with Gasteiger partial charge >= 0.3 is 0 Å². The first-order valence-electron chi connectivity index (χ1n) is 12.1. The standard InChI is InChI=1S/C28H31Cl2N3O4S/c1-4-22-12-8-9-13-25(22)33(38(3,36)37)19-27(34)32(18-21-14-15-23(29)24(30)16-21)26(28(35)31-2)17-20-10-6-5-7-11-20/h5-16,26H,4,17-19H2,1-3H3,(H,31,35)/t26-/m1/s1. The molecule has 0 aliphatic carbocycles. The van der Waals surface area contributed by atoms with Crippen LogP contribution < -0.4 is 9.62 Å². The maximum atomic E-state index is 14.0. The highest BCUT2D eigenvalue weighted by Crippen LogP contribution is 2.26. The number of nitrogens with one attached hydrogen (secondary N) is 1. The van der Waals surface area contributed by atoms with Crippen molar-refractivity contribution in [2.75, 3.05) is 24.2 Å². The summed E-state index contributed by atoms with van der Waals surface area (Å²) in [6.07, 6.45) is 1.88. The van der Waals surface area contributed by atoms with Gasteiger partial charge in [0.1, 0.15) is 12.6 Å². The molecule has 0 radical (unpaired) electrons. The van der Waals surface area contributed by atoms with Gasteiger partial charge < -0.3 is 10.2 Å². The maximum Gasteiger partial charge on any atom is 0.244 e. The number of anilines is 1. The lowest BCUT2D eigenvalue weighted by atomic mass is 10.0. The van der Waals surface area contributed by atoms with E-state index < -0.39 is 28.5 Å². The molecule has 1 atom stereocenters. The van der Waals surface area contributed by atoms with Crippen LogP contribution in [0.1, 0.15) is 23.6 Å². The number of carbonyl (C=O) groups excluding carboxylic acids is 2. The second-order valence-corrected chi connectivity index (χ2v) is 11.6. The summed E-state index contributed by atoms with van der Waals surface area (Å²) in [7, 11) is -2.33. The van der Waals surface area contributed by atoms with E-state index >= 15 is 0 Å². The first-order valence-corrected chi connectivity index (χ1v) is 14.7. The topological polar surface area (TPSA) is 86.8 Å². The second-order valence-electron chi connectivity index (χ2n) is 8.84. The Morgan fingerprint density at radius 1 is 0.921 bits per heavy atom. The largest absolute Gasteiger partial charge is 0.357 e. The zero-order valence-corrected chi connectivity index (χ0v) is 23.9. The van der Waals surface area contributed by atoms with E-state index in [2.05, 4.69) is 5.32 Å². The van der Waals surface area contributed by atoms with Crippen LogP contribution in [0.3, 0.4) is 0 Å². The molecule has 0 bridgehead atoms. The van der Waals surface area contributed by atoms with Gasteiger partial charge in [0.15, 0.2) is 0 Å². The smallest absolute Gasteiger partial charge is 0.244 e. The lowest BCUT2D eigenvalue weighted by molar-refractivity contribution is -0.139. The van der Waals surface area contributed by atoms with Gasteiger partial charge in [-0.1, -0.05) is 84.7 Å². The van der Waals surface area contributed by atoms with Gasteiger partial charge in [-0.3, -0.25) is 13.9 Å². The van der Waals surface area contributed by atoms with Crippen LogP contribution in [-0.4, -0.2) is 51.0 Å². The molecule has 7 nitrogen and oxygen atoms in total. The second kappa shape index (κ2) is 13.1. The van der Waals surface area contributed by atoms with E-state index in [1.165, 1.54) is 11.9 Å². The number of hydrogen-bond donors (Lipinski definition) is 1. The van der Waals surface area contributed by atoms with Gasteiger partial charge in [0.05, 0.1) is 22.0 Å². The van der Waals surface area contributed by atoms with E-state index in [-0.39, 0.29) is 18.9 Å². The van der Waals surface area contributed by atoms with Crippen LogP contribution in [0.25, 0.3) is 0 Å². The van der Waals surface area contributed by atoms with Gasteiger partial charge in [-0.2, -0.15) is 0 Å². The summed E-state index contributed by atoms with van der Waals surface area (Å²) in [5.41, 5.74) is 2.72. The van der Waals surface area contributed by atoms with E-state index in [1.807, 2.05) is 49.4 Å². The van der Waals surface area contributed by atoms with Crippen molar-refractivity contribution in [3.8, 4) is 0 Å². The van der Waals surface area contributed by atoms with Crippen molar-refractivity contribution in [2.45, 2.75) is 32.4 Å². The van der Waals surface area contributed by atoms with Crippen LogP contribution in [0.4, 0.5) is 5.69 Å². The van der Waals surface area contributed by atoms with Gasteiger partial charge in [-0.25, -0.2) is 8.42 Å². The van der Waals surface area contributed by atoms with Crippen molar-refractivity contribution >= 4 is 50.7 Å². The molecule has 2 amide bonds. The molecule has 0 saturated heterocycles. The monoisotopic (exact) mass is 575 g/mol. The van der Waals surface area contributed by atoms with Crippen molar-refractivity contribution < 1.29 is 18.0 Å². The van der Waals surface area contributed by atoms with Crippen LogP contribution in [0.15, 0.2) is 72.8 Å². The Kier molecular flexibility index (Phi) is 10.2. The van der Waals surface area contributed by atoms with E-state index in [4.69, 9.17) is 23.2 Å². The van der Waals surface area contributed by atoms with E-state index in [0.717, 1.165) is 21.7 Å². The highest BCUT2D eigenvalue weighted by Gasteiger charge is 2.33. The third-order valence-corrected chi connectivity index (χ3v) is 8.04. The predicted molar refractivity (Wildman–Crippen MR) is 153 cm³/mol. The zero-order chi connectivity index (χ0) is 27.9. The lowest BCUT2D eigenvalue weighted by Gasteiger charge is -2.33. The Morgan fingerprint density at radius 3 is 2.18 bits per heavy atom. The van der Waals surface area contributed by atoms with Crippen LogP contribution in [0.5, 0.6) is 0 Å².